The normalized spacial score (nSPS) is 39.8. The molecule has 4 N–H and O–H groups in total. The van der Waals surface area contributed by atoms with Crippen LogP contribution in [0.4, 0.5) is 4.79 Å². The Bertz CT molecular complexity index is 134. The van der Waals surface area contributed by atoms with Crippen LogP contribution in [0, 0.1) is 0 Å². The molecule has 0 bridgehead atoms. The Morgan fingerprint density at radius 2 is 1.78 bits per heavy atom. The predicted molar refractivity (Wildman–Crippen MR) is 30.4 cm³/mol. The number of hydrogen-bond acceptors (Lipinski definition) is 3. The summed E-state index contributed by atoms with van der Waals surface area (Å²) in [4.78, 5) is 10.6. The van der Waals surface area contributed by atoms with Crippen LogP contribution in [0.5, 0.6) is 0 Å². The Kier molecular flexibility index (Phi) is 0.882. The lowest BCUT2D eigenvalue weighted by atomic mass is 10.4. The van der Waals surface area contributed by atoms with Gasteiger partial charge < -0.3 is 10.6 Å². The number of hydrogen-bond donors (Lipinski definition) is 4. The third-order valence-corrected chi connectivity index (χ3v) is 1.55. The maximum Gasteiger partial charge on any atom is 0.317 e. The molecule has 5 heteroatoms. The van der Waals surface area contributed by atoms with Gasteiger partial charge in [-0.1, -0.05) is 0 Å². The van der Waals surface area contributed by atoms with E-state index >= 15 is 0 Å². The second kappa shape index (κ2) is 1.58. The van der Waals surface area contributed by atoms with Crippen molar-refractivity contribution in [1.82, 2.24) is 21.3 Å². The lowest BCUT2D eigenvalue weighted by molar-refractivity contribution is 0.245. The summed E-state index contributed by atoms with van der Waals surface area (Å²) in [6, 6.07) is -0.107. The van der Waals surface area contributed by atoms with Crippen molar-refractivity contribution in [2.75, 3.05) is 6.67 Å². The van der Waals surface area contributed by atoms with Crippen molar-refractivity contribution in [2.45, 2.75) is 12.3 Å². The van der Waals surface area contributed by atoms with Crippen molar-refractivity contribution >= 4 is 6.03 Å². The van der Waals surface area contributed by atoms with Crippen LogP contribution in [0.15, 0.2) is 0 Å². The van der Waals surface area contributed by atoms with Crippen molar-refractivity contribution in [3.8, 4) is 0 Å². The van der Waals surface area contributed by atoms with E-state index in [9.17, 15) is 4.79 Å². The second-order valence-electron chi connectivity index (χ2n) is 2.16. The molecule has 0 radical (unpaired) electrons. The Balaban J connectivity index is 2.09. The highest BCUT2D eigenvalue weighted by Gasteiger charge is 2.34. The van der Waals surface area contributed by atoms with Gasteiger partial charge in [0.25, 0.3) is 0 Å². The molecule has 50 valence electrons. The molecule has 0 aliphatic carbocycles. The van der Waals surface area contributed by atoms with E-state index in [0.29, 0.717) is 0 Å². The zero-order valence-corrected chi connectivity index (χ0v) is 4.77. The first-order valence-corrected chi connectivity index (χ1v) is 2.90. The fourth-order valence-electron chi connectivity index (χ4n) is 1.11. The van der Waals surface area contributed by atoms with E-state index in [1.807, 2.05) is 0 Å². The summed E-state index contributed by atoms with van der Waals surface area (Å²) in [6.45, 7) is 0.753. The maximum atomic E-state index is 10.6. The molecule has 0 aromatic carbocycles. The lowest BCUT2D eigenvalue weighted by Gasteiger charge is -2.04. The van der Waals surface area contributed by atoms with Crippen molar-refractivity contribution in [3.05, 3.63) is 0 Å². The van der Waals surface area contributed by atoms with Crippen LogP contribution in [-0.4, -0.2) is 25.0 Å². The van der Waals surface area contributed by atoms with E-state index in [0.717, 1.165) is 6.67 Å². The molecule has 9 heavy (non-hydrogen) atoms. The fourth-order valence-corrected chi connectivity index (χ4v) is 1.11. The highest BCUT2D eigenvalue weighted by molar-refractivity contribution is 5.77. The van der Waals surface area contributed by atoms with Crippen LogP contribution >= 0.6 is 0 Å². The van der Waals surface area contributed by atoms with Gasteiger partial charge in [-0.25, -0.2) is 4.79 Å². The summed E-state index contributed by atoms with van der Waals surface area (Å²) >= 11 is 0. The number of nitrogens with one attached hydrogen (secondary N) is 4. The number of carbonyl (C=O) groups is 1. The van der Waals surface area contributed by atoms with Gasteiger partial charge in [0.05, 0.1) is 0 Å². The van der Waals surface area contributed by atoms with Crippen LogP contribution in [-0.2, 0) is 0 Å². The first-order valence-electron chi connectivity index (χ1n) is 2.90. The molecule has 2 aliphatic heterocycles. The minimum Gasteiger partial charge on any atom is -0.319 e. The summed E-state index contributed by atoms with van der Waals surface area (Å²) in [5, 5.41) is 11.5. The van der Waals surface area contributed by atoms with Crippen molar-refractivity contribution in [3.63, 3.8) is 0 Å². The third kappa shape index (κ3) is 0.655. The summed E-state index contributed by atoms with van der Waals surface area (Å²) in [6.07, 6.45) is 0.162. The van der Waals surface area contributed by atoms with E-state index in [2.05, 4.69) is 21.3 Å². The van der Waals surface area contributed by atoms with E-state index in [4.69, 9.17) is 0 Å². The minimum atomic E-state index is -0.107. The predicted octanol–water partition coefficient (Wildman–Crippen LogP) is -1.90. The zero-order valence-electron chi connectivity index (χ0n) is 4.77. The number of fused-ring (bicyclic) bond motifs is 1. The van der Waals surface area contributed by atoms with Gasteiger partial charge in [-0.3, -0.25) is 10.6 Å². The molecule has 2 rings (SSSR count). The summed E-state index contributed by atoms with van der Waals surface area (Å²) in [5.41, 5.74) is 0. The molecule has 0 aromatic heterocycles. The SMILES string of the molecule is O=C1NC2NCNC2N1. The van der Waals surface area contributed by atoms with E-state index in [1.165, 1.54) is 0 Å². The Hall–Kier alpha value is -0.810. The molecule has 2 saturated heterocycles. The van der Waals surface area contributed by atoms with Crippen LogP contribution < -0.4 is 21.3 Å². The quantitative estimate of drug-likeness (QED) is 0.308. The summed E-state index contributed by atoms with van der Waals surface area (Å²) in [7, 11) is 0. The molecular weight excluding hydrogens is 120 g/mol. The average molecular weight is 128 g/mol. The van der Waals surface area contributed by atoms with Gasteiger partial charge in [-0.2, -0.15) is 0 Å². The van der Waals surface area contributed by atoms with Crippen molar-refractivity contribution in [2.24, 2.45) is 0 Å². The first-order chi connectivity index (χ1) is 4.36. The van der Waals surface area contributed by atoms with E-state index in [-0.39, 0.29) is 18.4 Å². The number of urea groups is 1. The molecule has 2 aliphatic rings. The molecule has 5 nitrogen and oxygen atoms in total. The smallest absolute Gasteiger partial charge is 0.317 e. The van der Waals surface area contributed by atoms with Crippen LogP contribution in [0.3, 0.4) is 0 Å². The van der Waals surface area contributed by atoms with Crippen LogP contribution in [0.25, 0.3) is 0 Å². The van der Waals surface area contributed by atoms with E-state index < -0.39 is 0 Å². The highest BCUT2D eigenvalue weighted by atomic mass is 16.2. The monoisotopic (exact) mass is 128 g/mol. The minimum absolute atomic E-state index is 0.0810. The molecule has 2 amide bonds. The molecule has 2 atom stereocenters. The molecule has 2 fully saturated rings. The molecule has 2 heterocycles. The Labute approximate surface area is 52.2 Å². The molecule has 0 spiro atoms. The van der Waals surface area contributed by atoms with Gasteiger partial charge in [-0.15, -0.1) is 0 Å². The summed E-state index contributed by atoms with van der Waals surface area (Å²) < 4.78 is 0. The standard InChI is InChI=1S/C4H8N4O/c9-4-7-2-3(8-4)6-1-5-2/h2-3,5-6H,1H2,(H2,7,8,9). The molecule has 0 saturated carbocycles. The Morgan fingerprint density at radius 1 is 1.22 bits per heavy atom. The highest BCUT2D eigenvalue weighted by Crippen LogP contribution is 1.98. The third-order valence-electron chi connectivity index (χ3n) is 1.55. The average Bonchev–Trinajstić information content (AvgIpc) is 2.22. The van der Waals surface area contributed by atoms with E-state index in [1.54, 1.807) is 0 Å². The van der Waals surface area contributed by atoms with Crippen molar-refractivity contribution in [1.29, 1.82) is 0 Å². The number of amides is 2. The second-order valence-corrected chi connectivity index (χ2v) is 2.16. The Morgan fingerprint density at radius 3 is 2.33 bits per heavy atom. The molecular formula is C4H8N4O. The molecule has 0 aromatic rings. The van der Waals surface area contributed by atoms with Gasteiger partial charge in [0.1, 0.15) is 12.3 Å². The number of rotatable bonds is 0. The van der Waals surface area contributed by atoms with Crippen LogP contribution in [0.2, 0.25) is 0 Å². The zero-order chi connectivity index (χ0) is 6.27. The maximum absolute atomic E-state index is 10.6. The van der Waals surface area contributed by atoms with Gasteiger partial charge in [0.2, 0.25) is 0 Å². The van der Waals surface area contributed by atoms with Crippen LogP contribution in [0.1, 0.15) is 0 Å². The van der Waals surface area contributed by atoms with Gasteiger partial charge in [0.15, 0.2) is 0 Å². The largest absolute Gasteiger partial charge is 0.319 e. The van der Waals surface area contributed by atoms with Gasteiger partial charge in [0, 0.05) is 6.67 Å². The molecule has 2 unspecified atom stereocenters. The summed E-state index contributed by atoms with van der Waals surface area (Å²) in [5.74, 6) is 0. The van der Waals surface area contributed by atoms with Crippen molar-refractivity contribution < 1.29 is 4.79 Å². The topological polar surface area (TPSA) is 65.2 Å². The van der Waals surface area contributed by atoms with Gasteiger partial charge >= 0.3 is 6.03 Å². The van der Waals surface area contributed by atoms with Gasteiger partial charge in [-0.05, 0) is 0 Å². The first kappa shape index (κ1) is 5.01. The lowest BCUT2D eigenvalue weighted by Crippen LogP contribution is -2.39. The number of carbonyl (C=O) groups excluding carboxylic acids is 1. The fraction of sp³-hybridized carbons (Fsp3) is 0.750.